The van der Waals surface area contributed by atoms with Gasteiger partial charge in [-0.15, -0.1) is 10.2 Å². The number of carbonyl (C=O) groups is 1. The van der Waals surface area contributed by atoms with Gasteiger partial charge in [0.25, 0.3) is 5.91 Å². The molecular weight excluding hydrogens is 392 g/mol. The number of hydrogen-bond donors (Lipinski definition) is 1. The summed E-state index contributed by atoms with van der Waals surface area (Å²) in [5.74, 6) is 1.37. The molecule has 2 bridgehead atoms. The summed E-state index contributed by atoms with van der Waals surface area (Å²) in [6.07, 6.45) is 6.91. The summed E-state index contributed by atoms with van der Waals surface area (Å²) in [5.41, 5.74) is 2.93. The zero-order valence-corrected chi connectivity index (χ0v) is 16.7. The average molecular weight is 412 g/mol. The Kier molecular flexibility index (Phi) is 5.10. The first-order chi connectivity index (χ1) is 15.3. The second-order valence-corrected chi connectivity index (χ2v) is 7.22. The van der Waals surface area contributed by atoms with E-state index in [1.807, 2.05) is 47.0 Å². The number of hydrogen-bond acceptors (Lipinski definition) is 6. The van der Waals surface area contributed by atoms with Gasteiger partial charge in [-0.05, 0) is 48.7 Å². The number of rotatable bonds is 1. The van der Waals surface area contributed by atoms with Gasteiger partial charge in [0.1, 0.15) is 23.6 Å². The van der Waals surface area contributed by atoms with Crippen LogP contribution in [0.1, 0.15) is 23.2 Å². The summed E-state index contributed by atoms with van der Waals surface area (Å²) in [5, 5.41) is 11.1. The summed E-state index contributed by atoms with van der Waals surface area (Å²) < 4.78 is 7.95. The van der Waals surface area contributed by atoms with Gasteiger partial charge in [-0.2, -0.15) is 0 Å². The lowest BCUT2D eigenvalue weighted by Gasteiger charge is -2.15. The summed E-state index contributed by atoms with van der Waals surface area (Å²) in [4.78, 5) is 21.9. The SMILES string of the molecule is O=C1Nc2cccc(n2)-c2nncn2CCCCOc2ccc(-c3cccnc3)cc21. The molecule has 0 fully saturated rings. The third-order valence-corrected chi connectivity index (χ3v) is 5.11. The number of benzene rings is 1. The van der Waals surface area contributed by atoms with Crippen molar-refractivity contribution < 1.29 is 9.53 Å². The Morgan fingerprint density at radius 2 is 2.00 bits per heavy atom. The molecule has 0 saturated carbocycles. The van der Waals surface area contributed by atoms with Crippen molar-refractivity contribution in [2.24, 2.45) is 0 Å². The molecule has 0 unspecified atom stereocenters. The first-order valence-electron chi connectivity index (χ1n) is 10.1. The van der Waals surface area contributed by atoms with Gasteiger partial charge in [0.15, 0.2) is 5.82 Å². The molecule has 154 valence electrons. The van der Waals surface area contributed by atoms with Crippen LogP contribution in [0.3, 0.4) is 0 Å². The van der Waals surface area contributed by atoms with Crippen molar-refractivity contribution >= 4 is 11.7 Å². The highest BCUT2D eigenvalue weighted by molar-refractivity contribution is 6.06. The first-order valence-corrected chi connectivity index (χ1v) is 10.1. The van der Waals surface area contributed by atoms with E-state index >= 15 is 0 Å². The Morgan fingerprint density at radius 1 is 1.03 bits per heavy atom. The van der Waals surface area contributed by atoms with Crippen molar-refractivity contribution in [3.05, 3.63) is 72.8 Å². The summed E-state index contributed by atoms with van der Waals surface area (Å²) in [6, 6.07) is 14.9. The number of carbonyl (C=O) groups excluding carboxylic acids is 1. The maximum atomic E-state index is 13.2. The monoisotopic (exact) mass is 412 g/mol. The van der Waals surface area contributed by atoms with Gasteiger partial charge in [-0.1, -0.05) is 18.2 Å². The predicted molar refractivity (Wildman–Crippen MR) is 116 cm³/mol. The lowest BCUT2D eigenvalue weighted by Crippen LogP contribution is -2.16. The van der Waals surface area contributed by atoms with Crippen molar-refractivity contribution in [3.8, 4) is 28.4 Å². The van der Waals surface area contributed by atoms with Crippen LogP contribution in [0.5, 0.6) is 5.75 Å². The standard InChI is InChI=1S/C23H20N6O2/c30-23-18-13-16(17-5-4-10-24-14-17)8-9-20(18)31-12-2-1-11-29-15-25-28-22(29)19-6-3-7-21(26-19)27-23/h3-10,13-15H,1-2,11-12H2,(H,26,27,30). The van der Waals surface area contributed by atoms with Gasteiger partial charge >= 0.3 is 0 Å². The quantitative estimate of drug-likeness (QED) is 0.511. The molecule has 0 aliphatic carbocycles. The molecular formula is C23H20N6O2. The average Bonchev–Trinajstić information content (AvgIpc) is 3.28. The Morgan fingerprint density at radius 3 is 2.90 bits per heavy atom. The smallest absolute Gasteiger partial charge is 0.260 e. The minimum atomic E-state index is -0.288. The van der Waals surface area contributed by atoms with Crippen LogP contribution in [-0.4, -0.2) is 37.2 Å². The van der Waals surface area contributed by atoms with Crippen LogP contribution in [0.25, 0.3) is 22.6 Å². The fourth-order valence-electron chi connectivity index (χ4n) is 3.54. The molecule has 0 atom stereocenters. The van der Waals surface area contributed by atoms with Gasteiger partial charge in [-0.3, -0.25) is 9.78 Å². The predicted octanol–water partition coefficient (Wildman–Crippen LogP) is 3.83. The van der Waals surface area contributed by atoms with E-state index in [0.29, 0.717) is 35.3 Å². The molecule has 0 radical (unpaired) electrons. The van der Waals surface area contributed by atoms with E-state index in [0.717, 1.165) is 30.5 Å². The summed E-state index contributed by atoms with van der Waals surface area (Å²) >= 11 is 0. The van der Waals surface area contributed by atoms with Crippen molar-refractivity contribution in [2.75, 3.05) is 11.9 Å². The number of fused-ring (bicyclic) bond motifs is 5. The van der Waals surface area contributed by atoms with Crippen LogP contribution in [0.15, 0.2) is 67.3 Å². The van der Waals surface area contributed by atoms with Crippen molar-refractivity contribution in [3.63, 3.8) is 0 Å². The summed E-state index contributed by atoms with van der Waals surface area (Å²) in [7, 11) is 0. The fraction of sp³-hybridized carbons (Fsp3) is 0.174. The third-order valence-electron chi connectivity index (χ3n) is 5.11. The Balaban J connectivity index is 1.54. The Labute approximate surface area is 179 Å². The fourth-order valence-corrected chi connectivity index (χ4v) is 3.54. The maximum absolute atomic E-state index is 13.2. The van der Waals surface area contributed by atoms with E-state index in [1.54, 1.807) is 24.8 Å². The number of ether oxygens (including phenoxy) is 1. The molecule has 31 heavy (non-hydrogen) atoms. The van der Waals surface area contributed by atoms with Crippen LogP contribution in [-0.2, 0) is 6.54 Å². The Bertz CT molecular complexity index is 1220. The molecule has 0 saturated heterocycles. The molecule has 8 heteroatoms. The topological polar surface area (TPSA) is 94.8 Å². The van der Waals surface area contributed by atoms with E-state index < -0.39 is 0 Å². The molecule has 1 N–H and O–H groups in total. The highest BCUT2D eigenvalue weighted by Crippen LogP contribution is 2.28. The van der Waals surface area contributed by atoms with E-state index in [2.05, 4.69) is 25.5 Å². The van der Waals surface area contributed by atoms with Gasteiger partial charge in [0.2, 0.25) is 0 Å². The first kappa shape index (κ1) is 18.9. The molecule has 1 amide bonds. The third kappa shape index (κ3) is 4.00. The number of anilines is 1. The second kappa shape index (κ2) is 8.35. The molecule has 1 aliphatic heterocycles. The molecule has 1 aliphatic rings. The van der Waals surface area contributed by atoms with E-state index in [9.17, 15) is 4.79 Å². The van der Waals surface area contributed by atoms with Gasteiger partial charge in [0.05, 0.1) is 12.2 Å². The van der Waals surface area contributed by atoms with Crippen molar-refractivity contribution in [2.45, 2.75) is 19.4 Å². The minimum absolute atomic E-state index is 0.288. The van der Waals surface area contributed by atoms with Crippen molar-refractivity contribution in [1.82, 2.24) is 24.7 Å². The molecule has 1 aromatic carbocycles. The molecule has 0 spiro atoms. The van der Waals surface area contributed by atoms with E-state index in [4.69, 9.17) is 4.74 Å². The van der Waals surface area contributed by atoms with E-state index in [1.165, 1.54) is 0 Å². The van der Waals surface area contributed by atoms with Gasteiger partial charge in [-0.25, -0.2) is 4.98 Å². The summed E-state index contributed by atoms with van der Waals surface area (Å²) in [6.45, 7) is 1.27. The number of aryl methyl sites for hydroxylation is 1. The maximum Gasteiger partial charge on any atom is 0.260 e. The van der Waals surface area contributed by atoms with Gasteiger partial charge < -0.3 is 14.6 Å². The highest BCUT2D eigenvalue weighted by atomic mass is 16.5. The molecule has 3 aromatic heterocycles. The normalized spacial score (nSPS) is 13.9. The zero-order chi connectivity index (χ0) is 21.0. The number of nitrogens with one attached hydrogen (secondary N) is 1. The van der Waals surface area contributed by atoms with Gasteiger partial charge in [0, 0.05) is 24.5 Å². The number of amides is 1. The highest BCUT2D eigenvalue weighted by Gasteiger charge is 2.17. The van der Waals surface area contributed by atoms with Crippen LogP contribution < -0.4 is 10.1 Å². The molecule has 4 heterocycles. The van der Waals surface area contributed by atoms with Crippen LogP contribution in [0.4, 0.5) is 5.82 Å². The number of nitrogens with zero attached hydrogens (tertiary/aromatic N) is 5. The number of pyridine rings is 2. The van der Waals surface area contributed by atoms with Crippen LogP contribution in [0.2, 0.25) is 0 Å². The van der Waals surface area contributed by atoms with E-state index in [-0.39, 0.29) is 5.91 Å². The largest absolute Gasteiger partial charge is 0.493 e. The second-order valence-electron chi connectivity index (χ2n) is 7.22. The zero-order valence-electron chi connectivity index (χ0n) is 16.7. The van der Waals surface area contributed by atoms with Crippen molar-refractivity contribution in [1.29, 1.82) is 0 Å². The number of aromatic nitrogens is 5. The lowest BCUT2D eigenvalue weighted by atomic mass is 10.0. The molecule has 8 nitrogen and oxygen atoms in total. The molecule has 5 rings (SSSR count). The minimum Gasteiger partial charge on any atom is -0.493 e. The Hall–Kier alpha value is -4.07. The van der Waals surface area contributed by atoms with Crippen LogP contribution >= 0.6 is 0 Å². The molecule has 4 aromatic rings. The lowest BCUT2D eigenvalue weighted by molar-refractivity contribution is 0.102. The van der Waals surface area contributed by atoms with Crippen LogP contribution in [0, 0.1) is 0 Å².